The highest BCUT2D eigenvalue weighted by atomic mass is 16.2. The van der Waals surface area contributed by atoms with Crippen LogP contribution in [0.4, 0.5) is 10.5 Å². The van der Waals surface area contributed by atoms with Crippen LogP contribution in [0.3, 0.4) is 0 Å². The van der Waals surface area contributed by atoms with Crippen LogP contribution < -0.4 is 10.2 Å². The number of carbonyl (C=O) groups excluding carboxylic acids is 1. The molecule has 2 amide bonds. The molecule has 0 saturated carbocycles. The Bertz CT molecular complexity index is 596. The van der Waals surface area contributed by atoms with Crippen molar-refractivity contribution in [2.45, 2.75) is 64.1 Å². The van der Waals surface area contributed by atoms with Gasteiger partial charge >= 0.3 is 6.03 Å². The summed E-state index contributed by atoms with van der Waals surface area (Å²) in [5.41, 5.74) is 1.48. The number of urea groups is 1. The first-order valence-electron chi connectivity index (χ1n) is 10.4. The topological polar surface area (TPSA) is 38.8 Å². The summed E-state index contributed by atoms with van der Waals surface area (Å²) in [5, 5.41) is 3.28. The summed E-state index contributed by atoms with van der Waals surface area (Å²) in [6.45, 7) is 10.6. The van der Waals surface area contributed by atoms with Crippen LogP contribution in [0.15, 0.2) is 30.3 Å². The summed E-state index contributed by atoms with van der Waals surface area (Å²) in [6, 6.07) is 11.5. The predicted octanol–water partition coefficient (Wildman–Crippen LogP) is 3.56. The molecule has 2 heterocycles. The normalized spacial score (nSPS) is 20.5. The van der Waals surface area contributed by atoms with Crippen molar-refractivity contribution in [2.75, 3.05) is 38.1 Å². The Kier molecular flexibility index (Phi) is 6.30. The molecule has 5 heteroatoms. The van der Waals surface area contributed by atoms with Gasteiger partial charge in [0.15, 0.2) is 0 Å². The van der Waals surface area contributed by atoms with Gasteiger partial charge in [0.2, 0.25) is 0 Å². The zero-order valence-electron chi connectivity index (χ0n) is 17.4. The number of anilines is 1. The van der Waals surface area contributed by atoms with Crippen molar-refractivity contribution in [3.8, 4) is 0 Å². The average molecular weight is 373 g/mol. The fourth-order valence-electron chi connectivity index (χ4n) is 4.29. The van der Waals surface area contributed by atoms with Gasteiger partial charge in [0.25, 0.3) is 0 Å². The molecule has 0 unspecified atom stereocenters. The number of amides is 2. The molecule has 0 aromatic heterocycles. The Morgan fingerprint density at radius 2 is 1.59 bits per heavy atom. The maximum Gasteiger partial charge on any atom is 0.317 e. The van der Waals surface area contributed by atoms with Crippen LogP contribution in [0.5, 0.6) is 0 Å². The minimum atomic E-state index is 0.130. The van der Waals surface area contributed by atoms with E-state index in [1.54, 1.807) is 0 Å². The van der Waals surface area contributed by atoms with Gasteiger partial charge in [-0.1, -0.05) is 18.2 Å². The lowest BCUT2D eigenvalue weighted by molar-refractivity contribution is 0.0952. The van der Waals surface area contributed by atoms with Crippen molar-refractivity contribution >= 4 is 11.7 Å². The van der Waals surface area contributed by atoms with Crippen LogP contribution in [-0.4, -0.2) is 66.7 Å². The average Bonchev–Trinajstić information content (AvgIpc) is 2.68. The van der Waals surface area contributed by atoms with E-state index in [0.717, 1.165) is 51.9 Å². The minimum Gasteiger partial charge on any atom is -0.371 e. The van der Waals surface area contributed by atoms with E-state index < -0.39 is 0 Å². The van der Waals surface area contributed by atoms with Crippen LogP contribution >= 0.6 is 0 Å². The monoisotopic (exact) mass is 372 g/mol. The van der Waals surface area contributed by atoms with E-state index >= 15 is 0 Å². The Balaban J connectivity index is 1.43. The van der Waals surface area contributed by atoms with Gasteiger partial charge in [-0.2, -0.15) is 0 Å². The van der Waals surface area contributed by atoms with Gasteiger partial charge in [0, 0.05) is 56.5 Å². The Labute approximate surface area is 164 Å². The Morgan fingerprint density at radius 1 is 1.00 bits per heavy atom. The first-order chi connectivity index (χ1) is 12.8. The van der Waals surface area contributed by atoms with Gasteiger partial charge in [0.1, 0.15) is 0 Å². The van der Waals surface area contributed by atoms with Gasteiger partial charge in [-0.25, -0.2) is 4.79 Å². The first kappa shape index (κ1) is 20.0. The highest BCUT2D eigenvalue weighted by Gasteiger charge is 2.30. The summed E-state index contributed by atoms with van der Waals surface area (Å²) in [4.78, 5) is 19.6. The van der Waals surface area contributed by atoms with Crippen molar-refractivity contribution < 1.29 is 4.79 Å². The molecule has 0 bridgehead atoms. The third-order valence-corrected chi connectivity index (χ3v) is 6.23. The molecule has 0 radical (unpaired) electrons. The van der Waals surface area contributed by atoms with Crippen LogP contribution in [0.25, 0.3) is 0 Å². The van der Waals surface area contributed by atoms with Crippen LogP contribution in [0.2, 0.25) is 0 Å². The number of hydrogen-bond donors (Lipinski definition) is 1. The van der Waals surface area contributed by atoms with E-state index in [1.807, 2.05) is 4.90 Å². The number of piperidine rings is 2. The molecule has 2 fully saturated rings. The summed E-state index contributed by atoms with van der Waals surface area (Å²) < 4.78 is 0. The molecule has 0 spiro atoms. The molecule has 1 N–H and O–H groups in total. The van der Waals surface area contributed by atoms with E-state index in [9.17, 15) is 4.79 Å². The van der Waals surface area contributed by atoms with Crippen LogP contribution in [-0.2, 0) is 0 Å². The second kappa shape index (κ2) is 8.51. The molecule has 0 aliphatic carbocycles. The van der Waals surface area contributed by atoms with Crippen LogP contribution in [0, 0.1) is 0 Å². The van der Waals surface area contributed by atoms with Gasteiger partial charge in [-0.3, -0.25) is 4.90 Å². The highest BCUT2D eigenvalue weighted by Crippen LogP contribution is 2.23. The second-order valence-electron chi connectivity index (χ2n) is 9.05. The molecule has 1 aromatic rings. The van der Waals surface area contributed by atoms with Crippen molar-refractivity contribution in [1.29, 1.82) is 0 Å². The Hall–Kier alpha value is -1.75. The maximum atomic E-state index is 12.7. The summed E-state index contributed by atoms with van der Waals surface area (Å²) in [7, 11) is 2.17. The number of nitrogens with zero attached hydrogens (tertiary/aromatic N) is 3. The third kappa shape index (κ3) is 5.16. The van der Waals surface area contributed by atoms with E-state index in [4.69, 9.17) is 0 Å². The first-order valence-corrected chi connectivity index (χ1v) is 10.4. The number of nitrogens with one attached hydrogen (secondary N) is 1. The molecule has 150 valence electrons. The molecule has 2 aliphatic rings. The van der Waals surface area contributed by atoms with Crippen molar-refractivity contribution in [3.05, 3.63) is 30.3 Å². The van der Waals surface area contributed by atoms with Crippen molar-refractivity contribution in [1.82, 2.24) is 15.1 Å². The largest absolute Gasteiger partial charge is 0.371 e. The zero-order chi connectivity index (χ0) is 19.4. The molecule has 27 heavy (non-hydrogen) atoms. The maximum absolute atomic E-state index is 12.7. The fourth-order valence-corrected chi connectivity index (χ4v) is 4.29. The molecule has 2 aliphatic heterocycles. The number of rotatable bonds is 3. The van der Waals surface area contributed by atoms with Gasteiger partial charge < -0.3 is 15.1 Å². The van der Waals surface area contributed by atoms with E-state index in [-0.39, 0.29) is 11.6 Å². The number of hydrogen-bond acceptors (Lipinski definition) is 3. The smallest absolute Gasteiger partial charge is 0.317 e. The lowest BCUT2D eigenvalue weighted by Crippen LogP contribution is -2.54. The zero-order valence-corrected chi connectivity index (χ0v) is 17.4. The summed E-state index contributed by atoms with van der Waals surface area (Å²) in [6.07, 6.45) is 4.16. The summed E-state index contributed by atoms with van der Waals surface area (Å²) >= 11 is 0. The third-order valence-electron chi connectivity index (χ3n) is 6.23. The second-order valence-corrected chi connectivity index (χ2v) is 9.05. The molecular weight excluding hydrogens is 336 g/mol. The molecule has 3 rings (SSSR count). The fraction of sp³-hybridized carbons (Fsp3) is 0.682. The number of carbonyl (C=O) groups is 1. The standard InChI is InChI=1S/C22H36N4O/c1-22(2,3)26-16-10-18(11-17-26)23-21(27)25-14-12-20(13-15-25)24(4)19-8-6-5-7-9-19/h5-9,18,20H,10-17H2,1-4H3,(H,23,27). The quantitative estimate of drug-likeness (QED) is 0.882. The van der Waals surface area contributed by atoms with E-state index in [0.29, 0.717) is 12.1 Å². The van der Waals surface area contributed by atoms with Gasteiger partial charge in [-0.05, 0) is 58.6 Å². The minimum absolute atomic E-state index is 0.130. The van der Waals surface area contributed by atoms with Crippen molar-refractivity contribution in [2.24, 2.45) is 0 Å². The molecule has 5 nitrogen and oxygen atoms in total. The molecular formula is C22H36N4O. The molecule has 1 aromatic carbocycles. The van der Waals surface area contributed by atoms with E-state index in [2.05, 4.69) is 73.3 Å². The highest BCUT2D eigenvalue weighted by molar-refractivity contribution is 5.74. The number of likely N-dealkylation sites (tertiary alicyclic amines) is 2. The lowest BCUT2D eigenvalue weighted by atomic mass is 9.98. The SMILES string of the molecule is CN(c1ccccc1)C1CCN(C(=O)NC2CCN(C(C)(C)C)CC2)CC1. The van der Waals surface area contributed by atoms with E-state index in [1.165, 1.54) is 5.69 Å². The number of para-hydroxylation sites is 1. The molecule has 2 saturated heterocycles. The Morgan fingerprint density at radius 3 is 2.15 bits per heavy atom. The predicted molar refractivity (Wildman–Crippen MR) is 112 cm³/mol. The number of benzene rings is 1. The summed E-state index contributed by atoms with van der Waals surface area (Å²) in [5.74, 6) is 0. The lowest BCUT2D eigenvalue weighted by Gasteiger charge is -2.42. The van der Waals surface area contributed by atoms with Gasteiger partial charge in [0.05, 0.1) is 0 Å². The molecule has 0 atom stereocenters. The van der Waals surface area contributed by atoms with Gasteiger partial charge in [-0.15, -0.1) is 0 Å². The van der Waals surface area contributed by atoms with Crippen LogP contribution in [0.1, 0.15) is 46.5 Å². The van der Waals surface area contributed by atoms with Crippen molar-refractivity contribution in [3.63, 3.8) is 0 Å².